The number of aliphatic hydroxyl groups excluding tert-OH is 1. The van der Waals surface area contributed by atoms with Crippen LogP contribution in [0.15, 0.2) is 43.0 Å². The standard InChI is InChI=1S/C18H17N5O5/c24-16(9-4-2-1-3-5-9)22-14-12-15(20-7-19-14)23(8-21-12)17-13-11(18(25)26)10(28-17)6-27-13/h1-5,7-8,10-11,13,17-18,25-26H,6H2,(H,19,20,22,24). The lowest BCUT2D eigenvalue weighted by Gasteiger charge is -2.24. The molecule has 3 aromatic rings. The lowest BCUT2D eigenvalue weighted by Crippen LogP contribution is -2.31. The smallest absolute Gasteiger partial charge is 0.256 e. The van der Waals surface area contributed by atoms with E-state index in [9.17, 15) is 15.0 Å². The zero-order valence-corrected chi connectivity index (χ0v) is 14.5. The maximum absolute atomic E-state index is 12.4. The molecule has 2 aliphatic heterocycles. The monoisotopic (exact) mass is 383 g/mol. The summed E-state index contributed by atoms with van der Waals surface area (Å²) in [4.78, 5) is 25.2. The van der Waals surface area contributed by atoms with Crippen molar-refractivity contribution in [3.05, 3.63) is 48.5 Å². The summed E-state index contributed by atoms with van der Waals surface area (Å²) in [5.41, 5.74) is 1.35. The van der Waals surface area contributed by atoms with E-state index in [1.54, 1.807) is 28.8 Å². The zero-order valence-electron chi connectivity index (χ0n) is 14.5. The number of aliphatic hydroxyl groups is 2. The fraction of sp³-hybridized carbons (Fsp3) is 0.333. The quantitative estimate of drug-likeness (QED) is 0.548. The van der Waals surface area contributed by atoms with E-state index < -0.39 is 30.6 Å². The van der Waals surface area contributed by atoms with Gasteiger partial charge in [-0.1, -0.05) is 18.2 Å². The Hall–Kier alpha value is -2.92. The molecule has 3 N–H and O–H groups in total. The second-order valence-electron chi connectivity index (χ2n) is 6.72. The number of hydrogen-bond acceptors (Lipinski definition) is 8. The molecule has 5 rings (SSSR count). The second-order valence-corrected chi connectivity index (χ2v) is 6.72. The highest BCUT2D eigenvalue weighted by Gasteiger charge is 2.54. The van der Waals surface area contributed by atoms with Gasteiger partial charge in [-0.25, -0.2) is 15.0 Å². The molecule has 0 saturated carbocycles. The van der Waals surface area contributed by atoms with Gasteiger partial charge in [0.15, 0.2) is 29.5 Å². The minimum absolute atomic E-state index is 0.278. The van der Waals surface area contributed by atoms with Gasteiger partial charge in [0.25, 0.3) is 5.91 Å². The minimum atomic E-state index is -1.53. The first-order chi connectivity index (χ1) is 13.6. The first kappa shape index (κ1) is 17.2. The van der Waals surface area contributed by atoms with Crippen LogP contribution in [0.2, 0.25) is 0 Å². The van der Waals surface area contributed by atoms with Crippen molar-refractivity contribution in [1.29, 1.82) is 0 Å². The Kier molecular flexibility index (Phi) is 4.05. The van der Waals surface area contributed by atoms with Gasteiger partial charge in [0, 0.05) is 5.56 Å². The van der Waals surface area contributed by atoms with Crippen molar-refractivity contribution < 1.29 is 24.5 Å². The summed E-state index contributed by atoms with van der Waals surface area (Å²) in [6.07, 6.45) is -0.220. The Morgan fingerprint density at radius 3 is 2.79 bits per heavy atom. The number of carbonyl (C=O) groups excluding carboxylic acids is 1. The van der Waals surface area contributed by atoms with Gasteiger partial charge in [0.05, 0.1) is 25.0 Å². The Morgan fingerprint density at radius 2 is 2.04 bits per heavy atom. The van der Waals surface area contributed by atoms with Crippen LogP contribution < -0.4 is 5.32 Å². The first-order valence-corrected chi connectivity index (χ1v) is 8.80. The molecule has 2 aromatic heterocycles. The lowest BCUT2D eigenvalue weighted by molar-refractivity contribution is -0.125. The number of carbonyl (C=O) groups is 1. The number of anilines is 1. The molecule has 0 aliphatic carbocycles. The summed E-state index contributed by atoms with van der Waals surface area (Å²) >= 11 is 0. The van der Waals surface area contributed by atoms with Crippen LogP contribution in [-0.4, -0.2) is 60.7 Å². The molecule has 2 aliphatic rings. The third kappa shape index (κ3) is 2.66. The number of nitrogens with zero attached hydrogens (tertiary/aromatic N) is 4. The van der Waals surface area contributed by atoms with Gasteiger partial charge in [-0.2, -0.15) is 0 Å². The minimum Gasteiger partial charge on any atom is -0.370 e. The van der Waals surface area contributed by atoms with Crippen LogP contribution in [0.5, 0.6) is 0 Å². The Morgan fingerprint density at radius 1 is 1.21 bits per heavy atom. The molecule has 0 radical (unpaired) electrons. The van der Waals surface area contributed by atoms with Gasteiger partial charge >= 0.3 is 0 Å². The largest absolute Gasteiger partial charge is 0.370 e. The normalized spacial score (nSPS) is 26.2. The number of rotatable bonds is 4. The molecule has 2 fully saturated rings. The molecular formula is C18H17N5O5. The van der Waals surface area contributed by atoms with Crippen molar-refractivity contribution >= 4 is 22.9 Å². The van der Waals surface area contributed by atoms with Crippen LogP contribution >= 0.6 is 0 Å². The van der Waals surface area contributed by atoms with E-state index >= 15 is 0 Å². The van der Waals surface area contributed by atoms with Crippen molar-refractivity contribution in [2.24, 2.45) is 5.92 Å². The van der Waals surface area contributed by atoms with E-state index in [0.717, 1.165) is 0 Å². The molecule has 2 bridgehead atoms. The van der Waals surface area contributed by atoms with Crippen molar-refractivity contribution in [3.8, 4) is 0 Å². The van der Waals surface area contributed by atoms with Crippen molar-refractivity contribution in [2.45, 2.75) is 24.7 Å². The van der Waals surface area contributed by atoms with Gasteiger partial charge in [0.1, 0.15) is 12.4 Å². The maximum Gasteiger partial charge on any atom is 0.256 e. The van der Waals surface area contributed by atoms with E-state index in [-0.39, 0.29) is 11.7 Å². The molecule has 10 heteroatoms. The molecule has 28 heavy (non-hydrogen) atoms. The van der Waals surface area contributed by atoms with Crippen LogP contribution in [0.4, 0.5) is 5.82 Å². The van der Waals surface area contributed by atoms with E-state index in [0.29, 0.717) is 23.3 Å². The molecule has 4 heterocycles. The molecule has 4 unspecified atom stereocenters. The molecule has 4 atom stereocenters. The number of ether oxygens (including phenoxy) is 2. The second kappa shape index (κ2) is 6.60. The number of fused-ring (bicyclic) bond motifs is 3. The molecule has 10 nitrogen and oxygen atoms in total. The highest BCUT2D eigenvalue weighted by Crippen LogP contribution is 2.43. The molecule has 1 aromatic carbocycles. The predicted molar refractivity (Wildman–Crippen MR) is 95.1 cm³/mol. The van der Waals surface area contributed by atoms with E-state index in [1.165, 1.54) is 12.7 Å². The van der Waals surface area contributed by atoms with Crippen LogP contribution in [0, 0.1) is 5.92 Å². The number of hydrogen-bond donors (Lipinski definition) is 3. The fourth-order valence-electron chi connectivity index (χ4n) is 3.78. The van der Waals surface area contributed by atoms with Gasteiger partial charge in [-0.15, -0.1) is 0 Å². The third-order valence-electron chi connectivity index (χ3n) is 5.10. The first-order valence-electron chi connectivity index (χ1n) is 8.80. The Labute approximate surface area is 158 Å². The van der Waals surface area contributed by atoms with Gasteiger partial charge in [-0.05, 0) is 12.1 Å². The van der Waals surface area contributed by atoms with E-state index in [1.807, 2.05) is 6.07 Å². The molecule has 2 saturated heterocycles. The SMILES string of the molecule is O=C(Nc1ncnc2c1ncn2C1OC2COC1C2C(O)O)c1ccccc1. The van der Waals surface area contributed by atoms with Crippen LogP contribution in [0.3, 0.4) is 0 Å². The number of aromatic nitrogens is 4. The van der Waals surface area contributed by atoms with Gasteiger partial charge in [-0.3, -0.25) is 9.36 Å². The van der Waals surface area contributed by atoms with Gasteiger partial charge in [0.2, 0.25) is 0 Å². The highest BCUT2D eigenvalue weighted by molar-refractivity contribution is 6.06. The number of amides is 1. The molecule has 0 spiro atoms. The maximum atomic E-state index is 12.4. The number of benzene rings is 1. The predicted octanol–water partition coefficient (Wildman–Crippen LogP) is 0.302. The van der Waals surface area contributed by atoms with Crippen molar-refractivity contribution in [1.82, 2.24) is 19.5 Å². The highest BCUT2D eigenvalue weighted by atomic mass is 16.6. The molecule has 144 valence electrons. The van der Waals surface area contributed by atoms with E-state index in [4.69, 9.17) is 9.47 Å². The van der Waals surface area contributed by atoms with Crippen molar-refractivity contribution in [2.75, 3.05) is 11.9 Å². The lowest BCUT2D eigenvalue weighted by atomic mass is 10.0. The third-order valence-corrected chi connectivity index (χ3v) is 5.10. The topological polar surface area (TPSA) is 132 Å². The number of nitrogens with one attached hydrogen (secondary N) is 1. The van der Waals surface area contributed by atoms with Gasteiger partial charge < -0.3 is 25.0 Å². The average Bonchev–Trinajstić information content (AvgIpc) is 3.41. The summed E-state index contributed by atoms with van der Waals surface area (Å²) in [6, 6.07) is 8.78. The van der Waals surface area contributed by atoms with Crippen LogP contribution in [0.1, 0.15) is 16.6 Å². The summed E-state index contributed by atoms with van der Waals surface area (Å²) in [6.45, 7) is 0.309. The average molecular weight is 383 g/mol. The summed E-state index contributed by atoms with van der Waals surface area (Å²) in [5.74, 6) is -0.569. The Bertz CT molecular complexity index is 1020. The summed E-state index contributed by atoms with van der Waals surface area (Å²) in [5, 5.41) is 22.0. The van der Waals surface area contributed by atoms with E-state index in [2.05, 4.69) is 20.3 Å². The fourth-order valence-corrected chi connectivity index (χ4v) is 3.78. The van der Waals surface area contributed by atoms with Crippen molar-refractivity contribution in [3.63, 3.8) is 0 Å². The van der Waals surface area contributed by atoms with Crippen LogP contribution in [0.25, 0.3) is 11.2 Å². The molecular weight excluding hydrogens is 366 g/mol. The molecule has 1 amide bonds. The zero-order chi connectivity index (χ0) is 19.3. The Balaban J connectivity index is 1.46. The summed E-state index contributed by atoms with van der Waals surface area (Å²) in [7, 11) is 0. The van der Waals surface area contributed by atoms with Crippen LogP contribution in [-0.2, 0) is 9.47 Å². The summed E-state index contributed by atoms with van der Waals surface area (Å²) < 4.78 is 13.2. The number of imidazole rings is 1.